The van der Waals surface area contributed by atoms with E-state index in [2.05, 4.69) is 27.4 Å². The Morgan fingerprint density at radius 1 is 1.57 bits per heavy atom. The molecule has 82 valence electrons. The summed E-state index contributed by atoms with van der Waals surface area (Å²) in [6, 6.07) is 0. The lowest BCUT2D eigenvalue weighted by Crippen LogP contribution is -2.41. The second-order valence-corrected chi connectivity index (χ2v) is 5.48. The summed E-state index contributed by atoms with van der Waals surface area (Å²) in [5.41, 5.74) is 0.292. The van der Waals surface area contributed by atoms with E-state index in [-0.39, 0.29) is 6.10 Å². The van der Waals surface area contributed by atoms with Crippen molar-refractivity contribution in [1.29, 1.82) is 0 Å². The van der Waals surface area contributed by atoms with Gasteiger partial charge in [0.25, 0.3) is 0 Å². The van der Waals surface area contributed by atoms with E-state index in [4.69, 9.17) is 0 Å². The molecule has 2 unspecified atom stereocenters. The molecule has 1 nitrogen and oxygen atoms in total. The molecule has 1 rings (SSSR count). The summed E-state index contributed by atoms with van der Waals surface area (Å²) in [5.74, 6) is 1.09. The van der Waals surface area contributed by atoms with E-state index >= 15 is 0 Å². The first-order valence-corrected chi connectivity index (χ1v) is 5.78. The quantitative estimate of drug-likeness (QED) is 0.686. The lowest BCUT2D eigenvalue weighted by molar-refractivity contribution is -0.0256. The monoisotopic (exact) mass is 196 g/mol. The van der Waals surface area contributed by atoms with Gasteiger partial charge in [-0.2, -0.15) is 0 Å². The molecule has 1 N–H and O–H groups in total. The normalized spacial score (nSPS) is 33.7. The maximum absolute atomic E-state index is 10.1. The Hall–Kier alpha value is -0.300. The van der Waals surface area contributed by atoms with Gasteiger partial charge in [-0.3, -0.25) is 0 Å². The van der Waals surface area contributed by atoms with Crippen molar-refractivity contribution < 1.29 is 5.11 Å². The van der Waals surface area contributed by atoms with Gasteiger partial charge in [0.15, 0.2) is 0 Å². The van der Waals surface area contributed by atoms with Gasteiger partial charge in [-0.25, -0.2) is 0 Å². The topological polar surface area (TPSA) is 20.2 Å². The molecule has 0 aromatic carbocycles. The van der Waals surface area contributed by atoms with Gasteiger partial charge in [0.2, 0.25) is 0 Å². The molecule has 0 spiro atoms. The highest BCUT2D eigenvalue weighted by Crippen LogP contribution is 2.46. The van der Waals surface area contributed by atoms with Crippen LogP contribution < -0.4 is 0 Å². The van der Waals surface area contributed by atoms with Crippen LogP contribution in [0.2, 0.25) is 0 Å². The zero-order valence-electron chi connectivity index (χ0n) is 9.79. The van der Waals surface area contributed by atoms with E-state index in [1.165, 1.54) is 19.3 Å². The Balaban J connectivity index is 2.73. The van der Waals surface area contributed by atoms with Crippen LogP contribution in [0.15, 0.2) is 12.7 Å². The van der Waals surface area contributed by atoms with Crippen LogP contribution in [0.4, 0.5) is 0 Å². The largest absolute Gasteiger partial charge is 0.392 e. The van der Waals surface area contributed by atoms with E-state index in [0.717, 1.165) is 6.42 Å². The first-order chi connectivity index (χ1) is 6.49. The number of hydrogen-bond donors (Lipinski definition) is 1. The molecule has 3 atom stereocenters. The molecule has 0 aromatic heterocycles. The number of aliphatic hydroxyl groups is 1. The number of aliphatic hydroxyl groups excluding tert-OH is 1. The average molecular weight is 196 g/mol. The van der Waals surface area contributed by atoms with Crippen molar-refractivity contribution in [2.45, 2.75) is 52.6 Å². The summed E-state index contributed by atoms with van der Waals surface area (Å²) in [4.78, 5) is 0. The Labute approximate surface area is 88.2 Å². The molecule has 14 heavy (non-hydrogen) atoms. The summed E-state index contributed by atoms with van der Waals surface area (Å²) in [7, 11) is 0. The van der Waals surface area contributed by atoms with Crippen LogP contribution in [0.3, 0.4) is 0 Å². The fourth-order valence-corrected chi connectivity index (χ4v) is 3.21. The molecule has 0 bridgehead atoms. The first kappa shape index (κ1) is 11.8. The van der Waals surface area contributed by atoms with Crippen LogP contribution in [0.25, 0.3) is 0 Å². The summed E-state index contributed by atoms with van der Waals surface area (Å²) in [6.45, 7) is 10.6. The first-order valence-electron chi connectivity index (χ1n) is 5.78. The molecular formula is C13H24O. The van der Waals surface area contributed by atoms with Gasteiger partial charge in [-0.15, -0.1) is 6.58 Å². The van der Waals surface area contributed by atoms with Crippen molar-refractivity contribution >= 4 is 0 Å². The second kappa shape index (κ2) is 4.48. The molecule has 0 aromatic rings. The summed E-state index contributed by atoms with van der Waals surface area (Å²) in [5, 5.41) is 10.1. The van der Waals surface area contributed by atoms with Crippen LogP contribution in [-0.2, 0) is 0 Å². The molecule has 1 heteroatoms. The Kier molecular flexibility index (Phi) is 3.77. The van der Waals surface area contributed by atoms with Gasteiger partial charge in [0.1, 0.15) is 0 Å². The molecule has 0 saturated heterocycles. The predicted octanol–water partition coefficient (Wildman–Crippen LogP) is 3.39. The Morgan fingerprint density at radius 2 is 2.21 bits per heavy atom. The summed E-state index contributed by atoms with van der Waals surface area (Å²) < 4.78 is 0. The molecule has 1 aliphatic carbocycles. The number of rotatable bonds is 3. The fourth-order valence-electron chi connectivity index (χ4n) is 3.21. The third-order valence-electron chi connectivity index (χ3n) is 3.82. The molecule has 0 aliphatic heterocycles. The van der Waals surface area contributed by atoms with Gasteiger partial charge in [0, 0.05) is 0 Å². The van der Waals surface area contributed by atoms with E-state index in [1.54, 1.807) is 0 Å². The van der Waals surface area contributed by atoms with E-state index in [1.807, 2.05) is 6.08 Å². The lowest BCUT2D eigenvalue weighted by Gasteiger charge is -2.45. The molecule has 1 saturated carbocycles. The van der Waals surface area contributed by atoms with E-state index in [9.17, 15) is 5.11 Å². The zero-order valence-corrected chi connectivity index (χ0v) is 9.79. The van der Waals surface area contributed by atoms with Gasteiger partial charge in [-0.05, 0) is 30.1 Å². The standard InChI is InChI=1S/C13H24O/c1-5-7-11(14)12-10(2)8-6-9-13(12,3)4/h5,10-12,14H,1,6-9H2,2-4H3/t10-,11?,12?/m0/s1. The lowest BCUT2D eigenvalue weighted by atomic mass is 9.62. The maximum Gasteiger partial charge on any atom is 0.0610 e. The van der Waals surface area contributed by atoms with Gasteiger partial charge >= 0.3 is 0 Å². The Bertz CT molecular complexity index is 195. The third-order valence-corrected chi connectivity index (χ3v) is 3.82. The van der Waals surface area contributed by atoms with E-state index < -0.39 is 0 Å². The van der Waals surface area contributed by atoms with Crippen LogP contribution in [-0.4, -0.2) is 11.2 Å². The average Bonchev–Trinajstić information content (AvgIpc) is 2.02. The minimum absolute atomic E-state index is 0.196. The fraction of sp³-hybridized carbons (Fsp3) is 0.846. The van der Waals surface area contributed by atoms with Crippen LogP contribution in [0.5, 0.6) is 0 Å². The maximum atomic E-state index is 10.1. The highest BCUT2D eigenvalue weighted by atomic mass is 16.3. The van der Waals surface area contributed by atoms with Gasteiger partial charge in [-0.1, -0.05) is 39.7 Å². The minimum atomic E-state index is -0.196. The summed E-state index contributed by atoms with van der Waals surface area (Å²) in [6.07, 6.45) is 6.20. The molecule has 0 heterocycles. The predicted molar refractivity (Wildman–Crippen MR) is 61.1 cm³/mol. The van der Waals surface area contributed by atoms with Crippen molar-refractivity contribution in [2.24, 2.45) is 17.3 Å². The number of hydrogen-bond acceptors (Lipinski definition) is 1. The molecular weight excluding hydrogens is 172 g/mol. The zero-order chi connectivity index (χ0) is 10.8. The van der Waals surface area contributed by atoms with E-state index in [0.29, 0.717) is 17.3 Å². The molecule has 0 amide bonds. The SMILES string of the molecule is C=CCC(O)C1[C@@H](C)CCCC1(C)C. The van der Waals surface area contributed by atoms with Crippen LogP contribution in [0.1, 0.15) is 46.5 Å². The summed E-state index contributed by atoms with van der Waals surface area (Å²) >= 11 is 0. The van der Waals surface area contributed by atoms with Crippen LogP contribution >= 0.6 is 0 Å². The second-order valence-electron chi connectivity index (χ2n) is 5.48. The van der Waals surface area contributed by atoms with Crippen molar-refractivity contribution in [2.75, 3.05) is 0 Å². The van der Waals surface area contributed by atoms with Crippen molar-refractivity contribution in [3.05, 3.63) is 12.7 Å². The smallest absolute Gasteiger partial charge is 0.0610 e. The highest BCUT2D eigenvalue weighted by Gasteiger charge is 2.40. The van der Waals surface area contributed by atoms with Crippen molar-refractivity contribution in [1.82, 2.24) is 0 Å². The van der Waals surface area contributed by atoms with Crippen LogP contribution in [0, 0.1) is 17.3 Å². The molecule has 1 aliphatic rings. The van der Waals surface area contributed by atoms with Crippen molar-refractivity contribution in [3.63, 3.8) is 0 Å². The third kappa shape index (κ3) is 2.38. The Morgan fingerprint density at radius 3 is 2.71 bits per heavy atom. The minimum Gasteiger partial charge on any atom is -0.392 e. The highest BCUT2D eigenvalue weighted by molar-refractivity contribution is 4.92. The molecule has 0 radical (unpaired) electrons. The molecule has 1 fully saturated rings. The van der Waals surface area contributed by atoms with Gasteiger partial charge < -0.3 is 5.11 Å². The van der Waals surface area contributed by atoms with Gasteiger partial charge in [0.05, 0.1) is 6.10 Å². The van der Waals surface area contributed by atoms with Crippen molar-refractivity contribution in [3.8, 4) is 0 Å².